The summed E-state index contributed by atoms with van der Waals surface area (Å²) in [6, 6.07) is 8.29. The van der Waals surface area contributed by atoms with Crippen molar-refractivity contribution in [3.8, 4) is 5.75 Å². The van der Waals surface area contributed by atoms with Crippen LogP contribution in [0.2, 0.25) is 0 Å². The van der Waals surface area contributed by atoms with Crippen LogP contribution in [0.15, 0.2) is 51.8 Å². The molecule has 0 fully saturated rings. The van der Waals surface area contributed by atoms with Crippen molar-refractivity contribution in [3.63, 3.8) is 0 Å². The lowest BCUT2D eigenvalue weighted by atomic mass is 10.1. The van der Waals surface area contributed by atoms with E-state index >= 15 is 0 Å². The molecule has 0 N–H and O–H groups in total. The van der Waals surface area contributed by atoms with Crippen molar-refractivity contribution < 1.29 is 35.9 Å². The predicted molar refractivity (Wildman–Crippen MR) is 106 cm³/mol. The van der Waals surface area contributed by atoms with E-state index in [0.29, 0.717) is 10.5 Å². The summed E-state index contributed by atoms with van der Waals surface area (Å²) in [6.45, 7) is -0.168. The van der Waals surface area contributed by atoms with Gasteiger partial charge in [0, 0.05) is 10.9 Å². The molecular weight excluding hydrogens is 491 g/mol. The molecule has 2 aromatic carbocycles. The molecule has 0 aromatic heterocycles. The molecule has 1 atom stereocenters. The second kappa shape index (κ2) is 8.46. The lowest BCUT2D eigenvalue weighted by Crippen LogP contribution is -2.43. The van der Waals surface area contributed by atoms with Crippen molar-refractivity contribution in [1.29, 1.82) is 0 Å². The Morgan fingerprint density at radius 2 is 2.00 bits per heavy atom. The van der Waals surface area contributed by atoms with Crippen LogP contribution in [-0.2, 0) is 25.7 Å². The van der Waals surface area contributed by atoms with Crippen LogP contribution < -0.4 is 9.04 Å². The van der Waals surface area contributed by atoms with Crippen molar-refractivity contribution >= 4 is 37.6 Å². The molecule has 0 saturated heterocycles. The van der Waals surface area contributed by atoms with Gasteiger partial charge in [0.2, 0.25) is 0 Å². The van der Waals surface area contributed by atoms with Gasteiger partial charge in [-0.05, 0) is 42.8 Å². The molecule has 0 bridgehead atoms. The van der Waals surface area contributed by atoms with Gasteiger partial charge in [-0.25, -0.2) is 8.42 Å². The van der Waals surface area contributed by atoms with E-state index in [1.54, 1.807) is 12.1 Å². The molecule has 11 heteroatoms. The monoisotopic (exact) mass is 507 g/mol. The highest BCUT2D eigenvalue weighted by molar-refractivity contribution is 9.10. The van der Waals surface area contributed by atoms with Gasteiger partial charge in [-0.3, -0.25) is 9.10 Å². The number of methoxy groups -OCH3 is 1. The maximum Gasteiger partial charge on any atom is 0.416 e. The van der Waals surface area contributed by atoms with Crippen molar-refractivity contribution in [2.24, 2.45) is 0 Å². The Bertz CT molecular complexity index is 1060. The van der Waals surface area contributed by atoms with Gasteiger partial charge in [0.05, 0.1) is 29.8 Å². The number of anilines is 1. The number of benzene rings is 2. The van der Waals surface area contributed by atoms with Gasteiger partial charge in [0.1, 0.15) is 11.9 Å². The minimum atomic E-state index is -4.68. The second-order valence-electron chi connectivity index (χ2n) is 6.53. The number of hydrogen-bond donors (Lipinski definition) is 0. The minimum Gasteiger partial charge on any atom is -0.486 e. The van der Waals surface area contributed by atoms with Crippen LogP contribution in [0.4, 0.5) is 18.9 Å². The van der Waals surface area contributed by atoms with Crippen molar-refractivity contribution in [2.75, 3.05) is 18.0 Å². The lowest BCUT2D eigenvalue weighted by molar-refractivity contribution is -0.141. The smallest absolute Gasteiger partial charge is 0.416 e. The number of hydrogen-bond acceptors (Lipinski definition) is 5. The van der Waals surface area contributed by atoms with Gasteiger partial charge in [-0.1, -0.05) is 22.0 Å². The summed E-state index contributed by atoms with van der Waals surface area (Å²) in [4.78, 5) is 11.0. The number of ether oxygens (including phenoxy) is 2. The van der Waals surface area contributed by atoms with Crippen molar-refractivity contribution in [2.45, 2.75) is 30.0 Å². The molecule has 2 aromatic rings. The fourth-order valence-electron chi connectivity index (χ4n) is 3.00. The van der Waals surface area contributed by atoms with Gasteiger partial charge < -0.3 is 9.47 Å². The zero-order valence-electron chi connectivity index (χ0n) is 15.6. The van der Waals surface area contributed by atoms with Crippen LogP contribution >= 0.6 is 15.9 Å². The number of nitrogens with zero attached hydrogens (tertiary/aromatic N) is 1. The third kappa shape index (κ3) is 4.72. The number of esters is 1. The first-order valence-corrected chi connectivity index (χ1v) is 11.0. The molecule has 0 radical (unpaired) electrons. The van der Waals surface area contributed by atoms with Crippen LogP contribution in [-0.4, -0.2) is 34.1 Å². The van der Waals surface area contributed by atoms with Crippen LogP contribution in [0.25, 0.3) is 0 Å². The van der Waals surface area contributed by atoms with E-state index in [1.165, 1.54) is 13.2 Å². The zero-order chi connectivity index (χ0) is 22.1. The molecule has 1 heterocycles. The normalized spacial score (nSPS) is 16.6. The average molecular weight is 508 g/mol. The second-order valence-corrected chi connectivity index (χ2v) is 9.31. The molecule has 0 saturated carbocycles. The number of rotatable bonds is 5. The molecule has 6 nitrogen and oxygen atoms in total. The topological polar surface area (TPSA) is 72.9 Å². The summed E-state index contributed by atoms with van der Waals surface area (Å²) in [6.07, 6.45) is -5.18. The quantitative estimate of drug-likeness (QED) is 0.561. The number of sulfonamides is 1. The first-order valence-electron chi connectivity index (χ1n) is 8.75. The predicted octanol–water partition coefficient (Wildman–Crippen LogP) is 4.38. The fraction of sp³-hybridized carbons (Fsp3) is 0.316. The Morgan fingerprint density at radius 1 is 1.27 bits per heavy atom. The Labute approximate surface area is 179 Å². The molecule has 1 unspecified atom stereocenters. The molecule has 0 amide bonds. The van der Waals surface area contributed by atoms with Gasteiger partial charge in [0.15, 0.2) is 0 Å². The van der Waals surface area contributed by atoms with E-state index in [1.807, 2.05) is 0 Å². The number of halogens is 4. The SMILES string of the molecule is COC(=O)CCC1CN(S(=O)(=O)c2cccc(C(F)(F)F)c2)c2cc(Br)ccc2O1. The van der Waals surface area contributed by atoms with E-state index < -0.39 is 38.7 Å². The zero-order valence-corrected chi connectivity index (χ0v) is 18.1. The van der Waals surface area contributed by atoms with Crippen LogP contribution in [0, 0.1) is 0 Å². The first kappa shape index (κ1) is 22.4. The Hall–Kier alpha value is -2.27. The van der Waals surface area contributed by atoms with Gasteiger partial charge in [-0.15, -0.1) is 0 Å². The number of carbonyl (C=O) groups excluding carboxylic acids is 1. The van der Waals surface area contributed by atoms with Crippen LogP contribution in [0.5, 0.6) is 5.75 Å². The van der Waals surface area contributed by atoms with E-state index in [2.05, 4.69) is 20.7 Å². The fourth-order valence-corrected chi connectivity index (χ4v) is 4.90. The molecule has 1 aliphatic heterocycles. The highest BCUT2D eigenvalue weighted by Crippen LogP contribution is 2.40. The summed E-state index contributed by atoms with van der Waals surface area (Å²) in [5, 5.41) is 0. The lowest BCUT2D eigenvalue weighted by Gasteiger charge is -2.35. The highest BCUT2D eigenvalue weighted by atomic mass is 79.9. The number of carbonyl (C=O) groups is 1. The molecule has 3 rings (SSSR count). The summed E-state index contributed by atoms with van der Waals surface area (Å²) < 4.78 is 77.8. The Morgan fingerprint density at radius 3 is 2.67 bits per heavy atom. The summed E-state index contributed by atoms with van der Waals surface area (Å²) in [5.74, 6) is -0.234. The minimum absolute atomic E-state index is 0.00444. The van der Waals surface area contributed by atoms with E-state index in [-0.39, 0.29) is 30.8 Å². The average Bonchev–Trinajstić information content (AvgIpc) is 2.70. The molecule has 1 aliphatic rings. The van der Waals surface area contributed by atoms with Crippen LogP contribution in [0.1, 0.15) is 18.4 Å². The van der Waals surface area contributed by atoms with E-state index in [9.17, 15) is 26.4 Å². The van der Waals surface area contributed by atoms with Crippen molar-refractivity contribution in [1.82, 2.24) is 0 Å². The third-order valence-corrected chi connectivity index (χ3v) is 6.77. The summed E-state index contributed by atoms with van der Waals surface area (Å²) in [5.41, 5.74) is -0.871. The largest absolute Gasteiger partial charge is 0.486 e. The third-order valence-electron chi connectivity index (χ3n) is 4.50. The first-order chi connectivity index (χ1) is 14.0. The Balaban J connectivity index is 2.01. The summed E-state index contributed by atoms with van der Waals surface area (Å²) >= 11 is 3.27. The molecule has 0 spiro atoms. The van der Waals surface area contributed by atoms with Gasteiger partial charge in [0.25, 0.3) is 10.0 Å². The van der Waals surface area contributed by atoms with E-state index in [0.717, 1.165) is 22.5 Å². The maximum atomic E-state index is 13.3. The molecule has 162 valence electrons. The maximum absolute atomic E-state index is 13.3. The summed E-state index contributed by atoms with van der Waals surface area (Å²) in [7, 11) is -3.10. The number of alkyl halides is 3. The Kier molecular flexibility index (Phi) is 6.32. The van der Waals surface area contributed by atoms with Crippen molar-refractivity contribution in [3.05, 3.63) is 52.5 Å². The number of fused-ring (bicyclic) bond motifs is 1. The molecular formula is C19H17BrF3NO5S. The van der Waals surface area contributed by atoms with Crippen LogP contribution in [0.3, 0.4) is 0 Å². The standard InChI is InChI=1S/C19H17BrF3NO5S/c1-28-18(25)8-6-14-11-24(16-10-13(20)5-7-17(16)29-14)30(26,27)15-4-2-3-12(9-15)19(21,22)23/h2-5,7,9-10,14H,6,8,11H2,1H3. The van der Waals surface area contributed by atoms with E-state index in [4.69, 9.17) is 4.74 Å². The molecule has 30 heavy (non-hydrogen) atoms. The molecule has 0 aliphatic carbocycles. The van der Waals surface area contributed by atoms with Gasteiger partial charge >= 0.3 is 12.1 Å². The van der Waals surface area contributed by atoms with Gasteiger partial charge in [-0.2, -0.15) is 13.2 Å². The highest BCUT2D eigenvalue weighted by Gasteiger charge is 2.37.